The minimum Gasteiger partial charge on any atom is -0.372 e. The first-order valence-electron chi connectivity index (χ1n) is 10.2. The van der Waals surface area contributed by atoms with Gasteiger partial charge in [0.05, 0.1) is 10.5 Å². The Labute approximate surface area is 173 Å². The summed E-state index contributed by atoms with van der Waals surface area (Å²) in [6.07, 6.45) is 2.75. The van der Waals surface area contributed by atoms with E-state index in [2.05, 4.69) is 24.1 Å². The molecule has 156 valence electrons. The van der Waals surface area contributed by atoms with Gasteiger partial charge in [0, 0.05) is 37.6 Å². The molecule has 1 aliphatic heterocycles. The summed E-state index contributed by atoms with van der Waals surface area (Å²) < 4.78 is 27.7. The second-order valence-corrected chi connectivity index (χ2v) is 9.04. The van der Waals surface area contributed by atoms with E-state index in [1.165, 1.54) is 10.4 Å². The van der Waals surface area contributed by atoms with Gasteiger partial charge in [0.2, 0.25) is 10.0 Å². The van der Waals surface area contributed by atoms with Crippen LogP contribution in [0.4, 0.5) is 11.4 Å². The van der Waals surface area contributed by atoms with Gasteiger partial charge in [-0.1, -0.05) is 18.6 Å². The van der Waals surface area contributed by atoms with E-state index < -0.39 is 15.9 Å². The average molecular weight is 416 g/mol. The third-order valence-electron chi connectivity index (χ3n) is 5.32. The highest BCUT2D eigenvalue weighted by Crippen LogP contribution is 2.25. The molecule has 2 aromatic rings. The molecule has 7 heteroatoms. The number of nitrogens with one attached hydrogen (secondary N) is 1. The molecule has 0 bridgehead atoms. The number of anilines is 2. The zero-order valence-electron chi connectivity index (χ0n) is 17.1. The van der Waals surface area contributed by atoms with E-state index in [4.69, 9.17) is 0 Å². The molecule has 0 spiro atoms. The molecule has 0 aromatic heterocycles. The molecule has 1 aliphatic rings. The first-order valence-corrected chi connectivity index (χ1v) is 11.7. The van der Waals surface area contributed by atoms with Crippen LogP contribution in [0.15, 0.2) is 53.4 Å². The smallest absolute Gasteiger partial charge is 0.257 e. The van der Waals surface area contributed by atoms with Crippen molar-refractivity contribution in [2.24, 2.45) is 0 Å². The van der Waals surface area contributed by atoms with Crippen LogP contribution in [-0.4, -0.2) is 44.8 Å². The maximum atomic E-state index is 13.1. The Hall–Kier alpha value is -2.38. The van der Waals surface area contributed by atoms with Crippen molar-refractivity contribution >= 4 is 27.3 Å². The van der Waals surface area contributed by atoms with E-state index in [1.54, 1.807) is 18.2 Å². The normalized spacial score (nSPS) is 15.1. The lowest BCUT2D eigenvalue weighted by Crippen LogP contribution is -2.36. The number of piperidine rings is 1. The van der Waals surface area contributed by atoms with Gasteiger partial charge in [-0.05, 0) is 63.1 Å². The first-order chi connectivity index (χ1) is 14.0. The number of carbonyl (C=O) groups is 1. The van der Waals surface area contributed by atoms with E-state index in [-0.39, 0.29) is 10.5 Å². The Morgan fingerprint density at radius 2 is 1.59 bits per heavy atom. The number of carbonyl (C=O) groups excluding carboxylic acids is 1. The van der Waals surface area contributed by atoms with Crippen LogP contribution in [0.5, 0.6) is 0 Å². The van der Waals surface area contributed by atoms with Crippen LogP contribution in [0.2, 0.25) is 0 Å². The molecule has 1 saturated heterocycles. The van der Waals surface area contributed by atoms with Crippen molar-refractivity contribution in [3.8, 4) is 0 Å². The minimum atomic E-state index is -3.69. The number of rotatable bonds is 7. The first kappa shape index (κ1) is 21.3. The zero-order chi connectivity index (χ0) is 20.9. The Morgan fingerprint density at radius 1 is 0.966 bits per heavy atom. The second kappa shape index (κ2) is 9.41. The van der Waals surface area contributed by atoms with Gasteiger partial charge in [-0.3, -0.25) is 4.79 Å². The summed E-state index contributed by atoms with van der Waals surface area (Å²) in [4.78, 5) is 15.2. The summed E-state index contributed by atoms with van der Waals surface area (Å²) in [7, 11) is -3.69. The number of hydrogen-bond acceptors (Lipinski definition) is 4. The summed E-state index contributed by atoms with van der Waals surface area (Å²) in [5, 5.41) is 2.84. The van der Waals surface area contributed by atoms with Crippen molar-refractivity contribution in [1.82, 2.24) is 4.31 Å². The van der Waals surface area contributed by atoms with Crippen LogP contribution < -0.4 is 10.2 Å². The maximum absolute atomic E-state index is 13.1. The van der Waals surface area contributed by atoms with Gasteiger partial charge in [0.1, 0.15) is 0 Å². The van der Waals surface area contributed by atoms with Crippen LogP contribution in [-0.2, 0) is 10.0 Å². The van der Waals surface area contributed by atoms with Crippen molar-refractivity contribution in [3.63, 3.8) is 0 Å². The van der Waals surface area contributed by atoms with Gasteiger partial charge in [-0.15, -0.1) is 0 Å². The number of benzene rings is 2. The summed E-state index contributed by atoms with van der Waals surface area (Å²) in [5.41, 5.74) is 1.89. The highest BCUT2D eigenvalue weighted by molar-refractivity contribution is 7.89. The van der Waals surface area contributed by atoms with E-state index in [0.717, 1.165) is 38.0 Å². The number of sulfonamides is 1. The van der Waals surface area contributed by atoms with Gasteiger partial charge < -0.3 is 10.2 Å². The molecule has 0 radical (unpaired) electrons. The van der Waals surface area contributed by atoms with Gasteiger partial charge in [-0.2, -0.15) is 4.31 Å². The number of nitrogens with zero attached hydrogens (tertiary/aromatic N) is 2. The molecule has 1 heterocycles. The molecule has 0 atom stereocenters. The third kappa shape index (κ3) is 4.79. The van der Waals surface area contributed by atoms with E-state index in [1.807, 2.05) is 24.3 Å². The SMILES string of the molecule is CCN(CC)c1ccc(NC(=O)c2ccccc2S(=O)(=O)N2CCCCC2)cc1. The summed E-state index contributed by atoms with van der Waals surface area (Å²) in [6, 6.07) is 14.0. The lowest BCUT2D eigenvalue weighted by atomic mass is 10.2. The maximum Gasteiger partial charge on any atom is 0.257 e. The van der Waals surface area contributed by atoms with Crippen molar-refractivity contribution in [3.05, 3.63) is 54.1 Å². The van der Waals surface area contributed by atoms with Crippen molar-refractivity contribution < 1.29 is 13.2 Å². The zero-order valence-corrected chi connectivity index (χ0v) is 17.9. The van der Waals surface area contributed by atoms with Crippen LogP contribution in [0.1, 0.15) is 43.5 Å². The van der Waals surface area contributed by atoms with Crippen molar-refractivity contribution in [2.45, 2.75) is 38.0 Å². The van der Waals surface area contributed by atoms with Gasteiger partial charge >= 0.3 is 0 Å². The fourth-order valence-electron chi connectivity index (χ4n) is 3.67. The van der Waals surface area contributed by atoms with E-state index in [0.29, 0.717) is 18.8 Å². The Bertz CT molecular complexity index is 932. The molecule has 1 amide bonds. The van der Waals surface area contributed by atoms with Crippen LogP contribution in [0, 0.1) is 0 Å². The molecule has 3 rings (SSSR count). The molecule has 2 aromatic carbocycles. The van der Waals surface area contributed by atoms with Gasteiger partial charge in [0.25, 0.3) is 5.91 Å². The number of hydrogen-bond donors (Lipinski definition) is 1. The molecule has 0 saturated carbocycles. The molecule has 1 fully saturated rings. The third-order valence-corrected chi connectivity index (χ3v) is 7.28. The van der Waals surface area contributed by atoms with E-state index >= 15 is 0 Å². The van der Waals surface area contributed by atoms with Gasteiger partial charge in [0.15, 0.2) is 0 Å². The predicted octanol–water partition coefficient (Wildman–Crippen LogP) is 3.96. The molecule has 0 aliphatic carbocycles. The Balaban J connectivity index is 1.82. The van der Waals surface area contributed by atoms with Crippen LogP contribution in [0.25, 0.3) is 0 Å². The molecule has 6 nitrogen and oxygen atoms in total. The highest BCUT2D eigenvalue weighted by atomic mass is 32.2. The van der Waals surface area contributed by atoms with Gasteiger partial charge in [-0.25, -0.2) is 8.42 Å². The quantitative estimate of drug-likeness (QED) is 0.743. The molecular weight excluding hydrogens is 386 g/mol. The molecule has 29 heavy (non-hydrogen) atoms. The number of amides is 1. The van der Waals surface area contributed by atoms with Crippen LogP contribution >= 0.6 is 0 Å². The fraction of sp³-hybridized carbons (Fsp3) is 0.409. The predicted molar refractivity (Wildman–Crippen MR) is 117 cm³/mol. The molecule has 0 unspecified atom stereocenters. The monoisotopic (exact) mass is 415 g/mol. The lowest BCUT2D eigenvalue weighted by Gasteiger charge is -2.26. The topological polar surface area (TPSA) is 69.7 Å². The van der Waals surface area contributed by atoms with E-state index in [9.17, 15) is 13.2 Å². The fourth-order valence-corrected chi connectivity index (χ4v) is 5.37. The standard InChI is InChI=1S/C22H29N3O3S/c1-3-24(4-2)19-14-12-18(13-15-19)23-22(26)20-10-6-7-11-21(20)29(27,28)25-16-8-5-9-17-25/h6-7,10-15H,3-5,8-9,16-17H2,1-2H3,(H,23,26). The van der Waals surface area contributed by atoms with Crippen molar-refractivity contribution in [2.75, 3.05) is 36.4 Å². The Morgan fingerprint density at radius 3 is 2.21 bits per heavy atom. The van der Waals surface area contributed by atoms with Crippen LogP contribution in [0.3, 0.4) is 0 Å². The summed E-state index contributed by atoms with van der Waals surface area (Å²) >= 11 is 0. The summed E-state index contributed by atoms with van der Waals surface area (Å²) in [5.74, 6) is -0.420. The lowest BCUT2D eigenvalue weighted by molar-refractivity contribution is 0.102. The summed E-state index contributed by atoms with van der Waals surface area (Å²) in [6.45, 7) is 7.02. The highest BCUT2D eigenvalue weighted by Gasteiger charge is 2.29. The second-order valence-electron chi connectivity index (χ2n) is 7.13. The Kier molecular flexibility index (Phi) is 6.92. The minimum absolute atomic E-state index is 0.0687. The largest absolute Gasteiger partial charge is 0.372 e. The molecular formula is C22H29N3O3S. The van der Waals surface area contributed by atoms with Crippen molar-refractivity contribution in [1.29, 1.82) is 0 Å². The average Bonchev–Trinajstić information content (AvgIpc) is 2.76. The molecule has 1 N–H and O–H groups in total.